The number of carbonyl (C=O) groups excluding carboxylic acids is 2. The van der Waals surface area contributed by atoms with Gasteiger partial charge in [-0.05, 0) is 25.0 Å². The molecule has 4 heterocycles. The van der Waals surface area contributed by atoms with E-state index in [1.165, 1.54) is 0 Å². The van der Waals surface area contributed by atoms with Gasteiger partial charge in [0.1, 0.15) is 18.3 Å². The van der Waals surface area contributed by atoms with Crippen molar-refractivity contribution in [2.45, 2.75) is 37.2 Å². The summed E-state index contributed by atoms with van der Waals surface area (Å²) in [5, 5.41) is 12.8. The van der Waals surface area contributed by atoms with Gasteiger partial charge in [0.2, 0.25) is 5.91 Å². The number of nitrogens with one attached hydrogen (secondary N) is 1. The Hall–Kier alpha value is -2.03. The second kappa shape index (κ2) is 7.30. The van der Waals surface area contributed by atoms with Crippen LogP contribution in [0.5, 0.6) is 0 Å². The molecular formula is C18H23N3O5. The van der Waals surface area contributed by atoms with Gasteiger partial charge in [0.05, 0.1) is 19.3 Å². The van der Waals surface area contributed by atoms with E-state index in [-0.39, 0.29) is 42.6 Å². The lowest BCUT2D eigenvalue weighted by Gasteiger charge is -2.32. The first-order chi connectivity index (χ1) is 12.6. The molecule has 3 saturated heterocycles. The highest BCUT2D eigenvalue weighted by atomic mass is 16.6. The molecule has 4 atom stereocenters. The molecule has 0 unspecified atom stereocenters. The van der Waals surface area contributed by atoms with E-state index >= 15 is 0 Å². The fraction of sp³-hybridized carbons (Fsp3) is 0.611. The van der Waals surface area contributed by atoms with Crippen molar-refractivity contribution < 1.29 is 24.2 Å². The Morgan fingerprint density at radius 1 is 1.12 bits per heavy atom. The van der Waals surface area contributed by atoms with Gasteiger partial charge in [0, 0.05) is 37.0 Å². The molecule has 1 aromatic heterocycles. The lowest BCUT2D eigenvalue weighted by Crippen LogP contribution is -2.49. The van der Waals surface area contributed by atoms with E-state index < -0.39 is 6.10 Å². The number of aliphatic hydroxyl groups excluding tert-OH is 1. The van der Waals surface area contributed by atoms with Gasteiger partial charge in [-0.15, -0.1) is 0 Å². The number of ether oxygens (including phenoxy) is 2. The maximum atomic E-state index is 12.6. The van der Waals surface area contributed by atoms with Crippen LogP contribution in [0.3, 0.4) is 0 Å². The molecule has 1 aromatic rings. The molecule has 0 bridgehead atoms. The predicted molar refractivity (Wildman–Crippen MR) is 90.3 cm³/mol. The lowest BCUT2D eigenvalue weighted by molar-refractivity contribution is -0.127. The minimum Gasteiger partial charge on any atom is -0.388 e. The molecule has 2 N–H and O–H groups in total. The number of likely N-dealkylation sites (tertiary alicyclic amines) is 1. The van der Waals surface area contributed by atoms with Crippen molar-refractivity contribution in [2.24, 2.45) is 5.92 Å². The quantitative estimate of drug-likeness (QED) is 0.758. The summed E-state index contributed by atoms with van der Waals surface area (Å²) in [5.41, 5.74) is 0.619. The highest BCUT2D eigenvalue weighted by molar-refractivity contribution is 5.94. The summed E-state index contributed by atoms with van der Waals surface area (Å²) in [6.07, 6.45) is 3.23. The largest absolute Gasteiger partial charge is 0.388 e. The number of piperidine rings is 1. The molecule has 0 aromatic carbocycles. The van der Waals surface area contributed by atoms with Crippen molar-refractivity contribution in [1.29, 1.82) is 0 Å². The molecular weight excluding hydrogens is 338 g/mol. The van der Waals surface area contributed by atoms with Gasteiger partial charge in [-0.2, -0.15) is 0 Å². The molecule has 0 radical (unpaired) electrons. The number of hydrogen-bond donors (Lipinski definition) is 2. The van der Waals surface area contributed by atoms with E-state index in [1.807, 2.05) is 0 Å². The number of aliphatic hydroxyl groups is 1. The third-order valence-corrected chi connectivity index (χ3v) is 5.44. The van der Waals surface area contributed by atoms with Crippen LogP contribution in [0.15, 0.2) is 24.5 Å². The first kappa shape index (κ1) is 17.4. The summed E-state index contributed by atoms with van der Waals surface area (Å²) in [6.45, 7) is 1.72. The van der Waals surface area contributed by atoms with Crippen molar-refractivity contribution in [2.75, 3.05) is 26.3 Å². The van der Waals surface area contributed by atoms with Gasteiger partial charge in [0.15, 0.2) is 0 Å². The third-order valence-electron chi connectivity index (χ3n) is 5.44. The zero-order valence-electron chi connectivity index (χ0n) is 14.4. The number of hydrogen-bond acceptors (Lipinski definition) is 6. The molecule has 3 aliphatic heterocycles. The van der Waals surface area contributed by atoms with Crippen LogP contribution in [-0.2, 0) is 14.3 Å². The molecule has 8 nitrogen and oxygen atoms in total. The maximum Gasteiger partial charge on any atom is 0.253 e. The van der Waals surface area contributed by atoms with E-state index in [0.29, 0.717) is 38.1 Å². The van der Waals surface area contributed by atoms with Gasteiger partial charge in [-0.1, -0.05) is 0 Å². The molecule has 0 spiro atoms. The smallest absolute Gasteiger partial charge is 0.253 e. The number of pyridine rings is 1. The van der Waals surface area contributed by atoms with E-state index in [4.69, 9.17) is 9.47 Å². The fourth-order valence-electron chi connectivity index (χ4n) is 3.93. The normalized spacial score (nSPS) is 31.7. The lowest BCUT2D eigenvalue weighted by atomic mass is 9.94. The van der Waals surface area contributed by atoms with Crippen LogP contribution in [0, 0.1) is 5.92 Å². The Labute approximate surface area is 151 Å². The molecule has 26 heavy (non-hydrogen) atoms. The SMILES string of the molecule is O=C(N[C@H]1CO[C@H]2[C@@H]1OC[C@@H]2O)C1CCN(C(=O)c2ccncc2)CC1. The fourth-order valence-corrected chi connectivity index (χ4v) is 3.93. The predicted octanol–water partition coefficient (Wildman–Crippen LogP) is -0.423. The Balaban J connectivity index is 1.28. The van der Waals surface area contributed by atoms with E-state index in [2.05, 4.69) is 10.3 Å². The van der Waals surface area contributed by atoms with Crippen LogP contribution in [0.1, 0.15) is 23.2 Å². The van der Waals surface area contributed by atoms with Crippen molar-refractivity contribution >= 4 is 11.8 Å². The van der Waals surface area contributed by atoms with Crippen molar-refractivity contribution in [1.82, 2.24) is 15.2 Å². The second-order valence-electron chi connectivity index (χ2n) is 7.08. The molecule has 0 aliphatic carbocycles. The monoisotopic (exact) mass is 361 g/mol. The number of rotatable bonds is 3. The van der Waals surface area contributed by atoms with Gasteiger partial charge >= 0.3 is 0 Å². The minimum absolute atomic E-state index is 0.0216. The van der Waals surface area contributed by atoms with Crippen molar-refractivity contribution in [3.8, 4) is 0 Å². The highest BCUT2D eigenvalue weighted by Crippen LogP contribution is 2.28. The van der Waals surface area contributed by atoms with Crippen LogP contribution in [0.4, 0.5) is 0 Å². The molecule has 2 amide bonds. The molecule has 4 rings (SSSR count). The standard InChI is InChI=1S/C18H23N3O5/c22-14-10-26-15-13(9-25-16(14)15)20-17(23)11-3-7-21(8-4-11)18(24)12-1-5-19-6-2-12/h1-2,5-6,11,13-16,22H,3-4,7-10H2,(H,20,23)/t13-,14-,15+,16+/m0/s1. The Bertz CT molecular complexity index is 662. The zero-order valence-corrected chi connectivity index (χ0v) is 14.4. The average molecular weight is 361 g/mol. The van der Waals surface area contributed by atoms with Gasteiger partial charge in [0.25, 0.3) is 5.91 Å². The minimum atomic E-state index is -0.621. The first-order valence-electron chi connectivity index (χ1n) is 9.04. The first-order valence-corrected chi connectivity index (χ1v) is 9.04. The highest BCUT2D eigenvalue weighted by Gasteiger charge is 2.48. The Morgan fingerprint density at radius 3 is 2.54 bits per heavy atom. The number of aromatic nitrogens is 1. The number of carbonyl (C=O) groups is 2. The van der Waals surface area contributed by atoms with Crippen LogP contribution in [-0.4, -0.2) is 77.5 Å². The van der Waals surface area contributed by atoms with Crippen LogP contribution in [0.2, 0.25) is 0 Å². The van der Waals surface area contributed by atoms with E-state index in [0.717, 1.165) is 0 Å². The number of amides is 2. The topological polar surface area (TPSA) is 101 Å². The molecule has 140 valence electrons. The van der Waals surface area contributed by atoms with E-state index in [9.17, 15) is 14.7 Å². The summed E-state index contributed by atoms with van der Waals surface area (Å²) >= 11 is 0. The zero-order chi connectivity index (χ0) is 18.1. The summed E-state index contributed by atoms with van der Waals surface area (Å²) in [5.74, 6) is -0.172. The van der Waals surface area contributed by atoms with Crippen LogP contribution in [0.25, 0.3) is 0 Å². The molecule has 3 aliphatic rings. The molecule has 3 fully saturated rings. The summed E-state index contributed by atoms with van der Waals surface area (Å²) < 4.78 is 11.1. The molecule has 8 heteroatoms. The van der Waals surface area contributed by atoms with E-state index in [1.54, 1.807) is 29.4 Å². The van der Waals surface area contributed by atoms with Crippen molar-refractivity contribution in [3.63, 3.8) is 0 Å². The van der Waals surface area contributed by atoms with Crippen LogP contribution >= 0.6 is 0 Å². The number of fused-ring (bicyclic) bond motifs is 1. The third kappa shape index (κ3) is 3.32. The number of nitrogens with zero attached hydrogens (tertiary/aromatic N) is 2. The van der Waals surface area contributed by atoms with Crippen LogP contribution < -0.4 is 5.32 Å². The summed E-state index contributed by atoms with van der Waals surface area (Å²) in [4.78, 5) is 30.7. The van der Waals surface area contributed by atoms with Crippen molar-refractivity contribution in [3.05, 3.63) is 30.1 Å². The summed E-state index contributed by atoms with van der Waals surface area (Å²) in [7, 11) is 0. The average Bonchev–Trinajstić information content (AvgIpc) is 3.25. The maximum absolute atomic E-state index is 12.6. The Morgan fingerprint density at radius 2 is 1.81 bits per heavy atom. The Kier molecular flexibility index (Phi) is 4.88. The van der Waals surface area contributed by atoms with Gasteiger partial charge < -0.3 is 24.8 Å². The molecule has 0 saturated carbocycles. The second-order valence-corrected chi connectivity index (χ2v) is 7.08. The van der Waals surface area contributed by atoms with Gasteiger partial charge in [-0.3, -0.25) is 14.6 Å². The summed E-state index contributed by atoms with van der Waals surface area (Å²) in [6, 6.07) is 3.18. The van der Waals surface area contributed by atoms with Gasteiger partial charge in [-0.25, -0.2) is 0 Å².